The van der Waals surface area contributed by atoms with Gasteiger partial charge in [-0.15, -0.1) is 0 Å². The van der Waals surface area contributed by atoms with Gasteiger partial charge in [0.1, 0.15) is 0 Å². The largest absolute Gasteiger partial charge is 0.481 e. The van der Waals surface area contributed by atoms with Gasteiger partial charge in [0.05, 0.1) is 11.4 Å². The lowest BCUT2D eigenvalue weighted by Crippen LogP contribution is -2.22. The lowest BCUT2D eigenvalue weighted by atomic mass is 9.85. The van der Waals surface area contributed by atoms with E-state index in [1.54, 1.807) is 0 Å². The summed E-state index contributed by atoms with van der Waals surface area (Å²) in [6, 6.07) is 4.29. The third-order valence-corrected chi connectivity index (χ3v) is 4.51. The Kier molecular flexibility index (Phi) is 2.66. The molecule has 1 unspecified atom stereocenters. The first-order valence-electron chi connectivity index (χ1n) is 6.80. The van der Waals surface area contributed by atoms with Crippen LogP contribution in [0.1, 0.15) is 28.8 Å². The van der Waals surface area contributed by atoms with Crippen LogP contribution in [0.15, 0.2) is 12.1 Å². The first-order valence-corrected chi connectivity index (χ1v) is 6.80. The van der Waals surface area contributed by atoms with Crippen LogP contribution in [0.25, 0.3) is 10.9 Å². The second-order valence-electron chi connectivity index (χ2n) is 5.69. The average molecular weight is 257 g/mol. The topological polar surface area (TPSA) is 42.2 Å². The molecule has 0 radical (unpaired) electrons. The second-order valence-corrected chi connectivity index (χ2v) is 5.69. The van der Waals surface area contributed by atoms with Gasteiger partial charge in [-0.2, -0.15) is 0 Å². The standard InChI is InChI=1S/C16H19NO2/c1-9-4-5-10(2)15-14(9)12-8-11(16(18)19)6-7-13(12)17(15)3/h4-5,11H,6-8H2,1-3H3,(H,18,19). The molecule has 0 amide bonds. The summed E-state index contributed by atoms with van der Waals surface area (Å²) < 4.78 is 2.27. The fourth-order valence-corrected chi connectivity index (χ4v) is 3.50. The third-order valence-electron chi connectivity index (χ3n) is 4.51. The van der Waals surface area contributed by atoms with Gasteiger partial charge < -0.3 is 9.67 Å². The maximum atomic E-state index is 11.3. The summed E-state index contributed by atoms with van der Waals surface area (Å²) in [5.74, 6) is -0.883. The summed E-state index contributed by atoms with van der Waals surface area (Å²) in [7, 11) is 2.11. The number of fused-ring (bicyclic) bond motifs is 3. The van der Waals surface area contributed by atoms with Gasteiger partial charge in [0.15, 0.2) is 0 Å². The number of aromatic nitrogens is 1. The average Bonchev–Trinajstić information content (AvgIpc) is 2.68. The number of hydrogen-bond acceptors (Lipinski definition) is 1. The van der Waals surface area contributed by atoms with Crippen molar-refractivity contribution in [3.8, 4) is 0 Å². The second kappa shape index (κ2) is 4.12. The molecule has 1 aromatic heterocycles. The molecule has 0 aliphatic heterocycles. The van der Waals surface area contributed by atoms with Crippen LogP contribution in [-0.4, -0.2) is 15.6 Å². The summed E-state index contributed by atoms with van der Waals surface area (Å²) in [6.45, 7) is 4.24. The van der Waals surface area contributed by atoms with Crippen LogP contribution in [0.5, 0.6) is 0 Å². The monoisotopic (exact) mass is 257 g/mol. The lowest BCUT2D eigenvalue weighted by Gasteiger charge is -2.20. The van der Waals surface area contributed by atoms with E-state index in [1.165, 1.54) is 33.3 Å². The Morgan fingerprint density at radius 2 is 2.00 bits per heavy atom. The van der Waals surface area contributed by atoms with Crippen LogP contribution in [0.2, 0.25) is 0 Å². The van der Waals surface area contributed by atoms with E-state index in [9.17, 15) is 9.90 Å². The maximum absolute atomic E-state index is 11.3. The number of carboxylic acid groups (broad SMARTS) is 1. The van der Waals surface area contributed by atoms with Crippen LogP contribution in [0.4, 0.5) is 0 Å². The molecule has 1 atom stereocenters. The minimum Gasteiger partial charge on any atom is -0.481 e. The van der Waals surface area contributed by atoms with E-state index < -0.39 is 5.97 Å². The summed E-state index contributed by atoms with van der Waals surface area (Å²) in [5.41, 5.74) is 6.38. The van der Waals surface area contributed by atoms with Gasteiger partial charge in [-0.05, 0) is 49.8 Å². The number of carboxylic acids is 1. The molecule has 0 spiro atoms. The Bertz CT molecular complexity index is 682. The Hall–Kier alpha value is -1.77. The highest BCUT2D eigenvalue weighted by Gasteiger charge is 2.29. The lowest BCUT2D eigenvalue weighted by molar-refractivity contribution is -0.142. The predicted molar refractivity (Wildman–Crippen MR) is 75.5 cm³/mol. The minimum atomic E-state index is -0.659. The smallest absolute Gasteiger partial charge is 0.306 e. The van der Waals surface area contributed by atoms with Crippen LogP contribution in [0.3, 0.4) is 0 Å². The van der Waals surface area contributed by atoms with Gasteiger partial charge >= 0.3 is 5.97 Å². The zero-order valence-electron chi connectivity index (χ0n) is 11.7. The first kappa shape index (κ1) is 12.3. The predicted octanol–water partition coefficient (Wildman–Crippen LogP) is 2.98. The number of hydrogen-bond donors (Lipinski definition) is 1. The van der Waals surface area contributed by atoms with E-state index in [1.807, 2.05) is 0 Å². The molecule has 0 bridgehead atoms. The van der Waals surface area contributed by atoms with Gasteiger partial charge in [0.2, 0.25) is 0 Å². The molecule has 19 heavy (non-hydrogen) atoms. The van der Waals surface area contributed by atoms with Crippen LogP contribution in [-0.2, 0) is 24.7 Å². The summed E-state index contributed by atoms with van der Waals surface area (Å²) in [4.78, 5) is 11.3. The zero-order chi connectivity index (χ0) is 13.7. The normalized spacial score (nSPS) is 18.6. The van der Waals surface area contributed by atoms with Crippen molar-refractivity contribution in [1.29, 1.82) is 0 Å². The van der Waals surface area contributed by atoms with Crippen LogP contribution < -0.4 is 0 Å². The summed E-state index contributed by atoms with van der Waals surface area (Å²) >= 11 is 0. The van der Waals surface area contributed by atoms with Crippen molar-refractivity contribution in [1.82, 2.24) is 4.57 Å². The first-order chi connectivity index (χ1) is 9.00. The Balaban J connectivity index is 2.29. The van der Waals surface area contributed by atoms with Crippen LogP contribution in [0, 0.1) is 19.8 Å². The highest BCUT2D eigenvalue weighted by Crippen LogP contribution is 2.36. The fourth-order valence-electron chi connectivity index (χ4n) is 3.50. The molecule has 100 valence electrons. The number of aryl methyl sites for hydroxylation is 3. The van der Waals surface area contributed by atoms with Gasteiger partial charge in [0, 0.05) is 18.1 Å². The van der Waals surface area contributed by atoms with E-state index in [2.05, 4.69) is 37.6 Å². The molecule has 1 aromatic carbocycles. The van der Waals surface area contributed by atoms with Crippen molar-refractivity contribution in [3.05, 3.63) is 34.5 Å². The molecular weight excluding hydrogens is 238 g/mol. The van der Waals surface area contributed by atoms with E-state index >= 15 is 0 Å². The summed E-state index contributed by atoms with van der Waals surface area (Å²) in [5, 5.41) is 10.5. The molecule has 3 heteroatoms. The molecule has 1 aliphatic rings. The third kappa shape index (κ3) is 1.68. The molecule has 1 heterocycles. The molecule has 1 aliphatic carbocycles. The van der Waals surface area contributed by atoms with Crippen LogP contribution >= 0.6 is 0 Å². The van der Waals surface area contributed by atoms with Crippen molar-refractivity contribution >= 4 is 16.9 Å². The zero-order valence-corrected chi connectivity index (χ0v) is 11.7. The molecule has 0 saturated carbocycles. The number of carbonyl (C=O) groups is 1. The highest BCUT2D eigenvalue weighted by molar-refractivity contribution is 5.91. The van der Waals surface area contributed by atoms with E-state index in [-0.39, 0.29) is 5.92 Å². The van der Waals surface area contributed by atoms with Gasteiger partial charge in [-0.1, -0.05) is 12.1 Å². The maximum Gasteiger partial charge on any atom is 0.306 e. The molecule has 1 N–H and O–H groups in total. The van der Waals surface area contributed by atoms with Crippen molar-refractivity contribution < 1.29 is 9.90 Å². The van der Waals surface area contributed by atoms with Crippen molar-refractivity contribution in [2.45, 2.75) is 33.1 Å². The van der Waals surface area contributed by atoms with E-state index in [0.29, 0.717) is 6.42 Å². The van der Waals surface area contributed by atoms with E-state index in [4.69, 9.17) is 0 Å². The number of benzene rings is 1. The van der Waals surface area contributed by atoms with Crippen molar-refractivity contribution in [2.24, 2.45) is 13.0 Å². The molecule has 0 saturated heterocycles. The number of nitrogens with zero attached hydrogens (tertiary/aromatic N) is 1. The van der Waals surface area contributed by atoms with Crippen molar-refractivity contribution in [3.63, 3.8) is 0 Å². The fraction of sp³-hybridized carbons (Fsp3) is 0.438. The molecule has 2 aromatic rings. The van der Waals surface area contributed by atoms with Gasteiger partial charge in [-0.3, -0.25) is 4.79 Å². The Morgan fingerprint density at radius 1 is 1.32 bits per heavy atom. The Labute approximate surface area is 112 Å². The quantitative estimate of drug-likeness (QED) is 0.853. The SMILES string of the molecule is Cc1ccc(C)c2c1c1c(n2C)CCC(C(=O)O)C1. The molecule has 3 nitrogen and oxygen atoms in total. The number of aliphatic carboxylic acids is 1. The molecular formula is C16H19NO2. The minimum absolute atomic E-state index is 0.224. The van der Waals surface area contributed by atoms with Gasteiger partial charge in [-0.25, -0.2) is 0 Å². The number of rotatable bonds is 1. The Morgan fingerprint density at radius 3 is 2.68 bits per heavy atom. The molecule has 0 fully saturated rings. The van der Waals surface area contributed by atoms with E-state index in [0.717, 1.165) is 12.8 Å². The van der Waals surface area contributed by atoms with Gasteiger partial charge in [0.25, 0.3) is 0 Å². The molecule has 3 rings (SSSR count). The highest BCUT2D eigenvalue weighted by atomic mass is 16.4. The summed E-state index contributed by atoms with van der Waals surface area (Å²) in [6.07, 6.45) is 2.30. The van der Waals surface area contributed by atoms with Crippen molar-refractivity contribution in [2.75, 3.05) is 0 Å².